The number of benzene rings is 3. The molecule has 25 heavy (non-hydrogen) atoms. The van der Waals surface area contributed by atoms with Crippen LogP contribution in [0.1, 0.15) is 27.7 Å². The number of fused-ring (bicyclic) bond motifs is 1. The lowest BCUT2D eigenvalue weighted by Crippen LogP contribution is -2.41. The predicted octanol–water partition coefficient (Wildman–Crippen LogP) is 4.81. The van der Waals surface area contributed by atoms with E-state index in [2.05, 4.69) is 88.4 Å². The summed E-state index contributed by atoms with van der Waals surface area (Å²) in [6.45, 7) is 8.37. The van der Waals surface area contributed by atoms with Gasteiger partial charge in [-0.25, -0.2) is 0 Å². The largest absolute Gasteiger partial charge is 0.495 e. The molecule has 0 bridgehead atoms. The van der Waals surface area contributed by atoms with E-state index in [-0.39, 0.29) is 18.3 Å². The Kier molecular flexibility index (Phi) is 3.75. The molecule has 1 fully saturated rings. The van der Waals surface area contributed by atoms with Gasteiger partial charge >= 0.3 is 7.12 Å². The van der Waals surface area contributed by atoms with Crippen LogP contribution in [0, 0.1) is 0 Å². The Bertz CT molecular complexity index is 900. The minimum atomic E-state index is -0.371. The lowest BCUT2D eigenvalue weighted by Gasteiger charge is -2.32. The van der Waals surface area contributed by atoms with Crippen LogP contribution < -0.4 is 5.46 Å². The number of rotatable bonds is 2. The second-order valence-electron chi connectivity index (χ2n) is 7.74. The Morgan fingerprint density at radius 1 is 0.680 bits per heavy atom. The lowest BCUT2D eigenvalue weighted by atomic mass is 9.73. The first kappa shape index (κ1) is 16.4. The Hall–Kier alpha value is -2.10. The average molecular weight is 330 g/mol. The fraction of sp³-hybridized carbons (Fsp3) is 0.273. The van der Waals surface area contributed by atoms with E-state index in [1.165, 1.54) is 16.3 Å². The van der Waals surface area contributed by atoms with Gasteiger partial charge in [0, 0.05) is 0 Å². The molecule has 0 unspecified atom stereocenters. The SMILES string of the molecule is CC1(C)OB(c2cc3ccccc3cc2-c2ccccc2)OC1(C)C. The first-order valence-electron chi connectivity index (χ1n) is 8.81. The van der Waals surface area contributed by atoms with E-state index < -0.39 is 0 Å². The first-order valence-corrected chi connectivity index (χ1v) is 8.81. The van der Waals surface area contributed by atoms with Gasteiger partial charge < -0.3 is 9.31 Å². The van der Waals surface area contributed by atoms with Gasteiger partial charge in [-0.3, -0.25) is 0 Å². The van der Waals surface area contributed by atoms with Crippen molar-refractivity contribution in [3.05, 3.63) is 66.7 Å². The zero-order valence-corrected chi connectivity index (χ0v) is 15.2. The predicted molar refractivity (Wildman–Crippen MR) is 105 cm³/mol. The molecule has 0 N–H and O–H groups in total. The third-order valence-electron chi connectivity index (χ3n) is 5.51. The molecular weight excluding hydrogens is 307 g/mol. The number of hydrogen-bond acceptors (Lipinski definition) is 2. The van der Waals surface area contributed by atoms with Crippen molar-refractivity contribution in [3.63, 3.8) is 0 Å². The van der Waals surface area contributed by atoms with Gasteiger partial charge in [0.1, 0.15) is 0 Å². The van der Waals surface area contributed by atoms with Crippen molar-refractivity contribution in [1.29, 1.82) is 0 Å². The third-order valence-corrected chi connectivity index (χ3v) is 5.51. The lowest BCUT2D eigenvalue weighted by molar-refractivity contribution is 0.00578. The van der Waals surface area contributed by atoms with Crippen LogP contribution in [-0.2, 0) is 9.31 Å². The maximum atomic E-state index is 6.34. The molecule has 1 heterocycles. The summed E-state index contributed by atoms with van der Waals surface area (Å²) in [5, 5.41) is 2.42. The summed E-state index contributed by atoms with van der Waals surface area (Å²) in [6.07, 6.45) is 0. The Morgan fingerprint density at radius 3 is 1.80 bits per heavy atom. The molecule has 3 aromatic carbocycles. The molecule has 3 aromatic rings. The summed E-state index contributed by atoms with van der Waals surface area (Å²) < 4.78 is 12.7. The summed E-state index contributed by atoms with van der Waals surface area (Å²) in [5.74, 6) is 0. The molecule has 2 nitrogen and oxygen atoms in total. The summed E-state index contributed by atoms with van der Waals surface area (Å²) in [6, 6.07) is 23.3. The van der Waals surface area contributed by atoms with Crippen molar-refractivity contribution >= 4 is 23.4 Å². The molecule has 0 amide bonds. The minimum Gasteiger partial charge on any atom is -0.399 e. The van der Waals surface area contributed by atoms with Gasteiger partial charge in [0.05, 0.1) is 11.2 Å². The second-order valence-corrected chi connectivity index (χ2v) is 7.74. The van der Waals surface area contributed by atoms with Crippen LogP contribution in [0.25, 0.3) is 21.9 Å². The van der Waals surface area contributed by atoms with Gasteiger partial charge in [-0.05, 0) is 61.1 Å². The molecule has 1 aliphatic heterocycles. The molecule has 3 heteroatoms. The fourth-order valence-electron chi connectivity index (χ4n) is 3.29. The zero-order chi connectivity index (χ0) is 17.7. The van der Waals surface area contributed by atoms with Gasteiger partial charge in [-0.2, -0.15) is 0 Å². The highest BCUT2D eigenvalue weighted by molar-refractivity contribution is 6.64. The summed E-state index contributed by atoms with van der Waals surface area (Å²) in [5.41, 5.74) is 2.73. The second kappa shape index (κ2) is 5.72. The Morgan fingerprint density at radius 2 is 1.20 bits per heavy atom. The van der Waals surface area contributed by atoms with Crippen molar-refractivity contribution in [2.24, 2.45) is 0 Å². The fourth-order valence-corrected chi connectivity index (χ4v) is 3.29. The van der Waals surface area contributed by atoms with Crippen molar-refractivity contribution in [3.8, 4) is 11.1 Å². The van der Waals surface area contributed by atoms with Gasteiger partial charge in [-0.15, -0.1) is 0 Å². The summed E-state index contributed by atoms with van der Waals surface area (Å²) in [4.78, 5) is 0. The smallest absolute Gasteiger partial charge is 0.399 e. The molecule has 1 saturated heterocycles. The molecule has 4 rings (SSSR count). The third kappa shape index (κ3) is 2.78. The highest BCUT2D eigenvalue weighted by atomic mass is 16.7. The van der Waals surface area contributed by atoms with E-state index in [1.807, 2.05) is 6.07 Å². The quantitative estimate of drug-likeness (QED) is 0.628. The highest BCUT2D eigenvalue weighted by Gasteiger charge is 2.52. The van der Waals surface area contributed by atoms with Crippen LogP contribution in [0.4, 0.5) is 0 Å². The number of hydrogen-bond donors (Lipinski definition) is 0. The van der Waals surface area contributed by atoms with Crippen LogP contribution in [-0.4, -0.2) is 18.3 Å². The van der Waals surface area contributed by atoms with E-state index in [4.69, 9.17) is 9.31 Å². The minimum absolute atomic E-state index is 0.350. The van der Waals surface area contributed by atoms with Gasteiger partial charge in [-0.1, -0.05) is 60.7 Å². The van der Waals surface area contributed by atoms with Crippen LogP contribution in [0.5, 0.6) is 0 Å². The maximum Gasteiger partial charge on any atom is 0.495 e. The normalized spacial score (nSPS) is 18.6. The molecule has 0 saturated carbocycles. The van der Waals surface area contributed by atoms with Crippen molar-refractivity contribution < 1.29 is 9.31 Å². The molecule has 0 radical (unpaired) electrons. The van der Waals surface area contributed by atoms with Crippen molar-refractivity contribution in [2.45, 2.75) is 38.9 Å². The van der Waals surface area contributed by atoms with E-state index >= 15 is 0 Å². The van der Waals surface area contributed by atoms with Crippen LogP contribution >= 0.6 is 0 Å². The summed E-state index contributed by atoms with van der Waals surface area (Å²) >= 11 is 0. The molecule has 126 valence electrons. The van der Waals surface area contributed by atoms with Crippen LogP contribution in [0.15, 0.2) is 66.7 Å². The van der Waals surface area contributed by atoms with Crippen LogP contribution in [0.2, 0.25) is 0 Å². The van der Waals surface area contributed by atoms with Gasteiger partial charge in [0.2, 0.25) is 0 Å². The van der Waals surface area contributed by atoms with Gasteiger partial charge in [0.15, 0.2) is 0 Å². The molecule has 0 aliphatic carbocycles. The molecule has 0 atom stereocenters. The maximum absolute atomic E-state index is 6.34. The average Bonchev–Trinajstić information content (AvgIpc) is 2.82. The highest BCUT2D eigenvalue weighted by Crippen LogP contribution is 2.37. The molecule has 0 spiro atoms. The van der Waals surface area contributed by atoms with E-state index in [1.54, 1.807) is 0 Å². The Labute approximate surface area is 149 Å². The monoisotopic (exact) mass is 330 g/mol. The van der Waals surface area contributed by atoms with Gasteiger partial charge in [0.25, 0.3) is 0 Å². The van der Waals surface area contributed by atoms with Crippen LogP contribution in [0.3, 0.4) is 0 Å². The Balaban J connectivity index is 1.90. The first-order chi connectivity index (χ1) is 11.9. The summed E-state index contributed by atoms with van der Waals surface area (Å²) in [7, 11) is -0.371. The topological polar surface area (TPSA) is 18.5 Å². The standard InChI is InChI=1S/C22H23BO2/c1-21(2)22(3,4)25-23(24-21)20-15-18-13-9-8-12-17(18)14-19(20)16-10-6-5-7-11-16/h5-15H,1-4H3. The van der Waals surface area contributed by atoms with Crippen molar-refractivity contribution in [2.75, 3.05) is 0 Å². The molecule has 0 aromatic heterocycles. The molecule has 1 aliphatic rings. The van der Waals surface area contributed by atoms with E-state index in [0.29, 0.717) is 0 Å². The van der Waals surface area contributed by atoms with E-state index in [9.17, 15) is 0 Å². The zero-order valence-electron chi connectivity index (χ0n) is 15.2. The van der Waals surface area contributed by atoms with E-state index in [0.717, 1.165) is 11.0 Å². The van der Waals surface area contributed by atoms with Crippen molar-refractivity contribution in [1.82, 2.24) is 0 Å². The molecular formula is C22H23BO2.